The zero-order chi connectivity index (χ0) is 16.5. The summed E-state index contributed by atoms with van der Waals surface area (Å²) in [4.78, 5) is 4.23. The van der Waals surface area contributed by atoms with Gasteiger partial charge in [0.25, 0.3) is 0 Å². The van der Waals surface area contributed by atoms with Crippen molar-refractivity contribution in [1.82, 2.24) is 10.6 Å². The number of guanidine groups is 1. The molecule has 0 radical (unpaired) electrons. The lowest BCUT2D eigenvalue weighted by atomic mass is 10.1. The summed E-state index contributed by atoms with van der Waals surface area (Å²) in [5.41, 5.74) is 2.30. The van der Waals surface area contributed by atoms with Gasteiger partial charge < -0.3 is 15.4 Å². The first-order chi connectivity index (χ1) is 11.2. The van der Waals surface area contributed by atoms with Gasteiger partial charge in [0.1, 0.15) is 5.75 Å². The molecule has 0 saturated carbocycles. The minimum Gasteiger partial charge on any atom is -0.497 e. The maximum atomic E-state index is 6.24. The molecule has 130 valence electrons. The fraction of sp³-hybridized carbons (Fsp3) is 0.278. The van der Waals surface area contributed by atoms with Gasteiger partial charge in [-0.3, -0.25) is 4.99 Å². The summed E-state index contributed by atoms with van der Waals surface area (Å²) in [6, 6.07) is 16.0. The Labute approximate surface area is 165 Å². The third kappa shape index (κ3) is 6.57. The number of methoxy groups -OCH3 is 1. The minimum absolute atomic E-state index is 0. The van der Waals surface area contributed by atoms with E-state index in [4.69, 9.17) is 16.3 Å². The first-order valence-electron chi connectivity index (χ1n) is 7.54. The molecule has 0 aliphatic carbocycles. The van der Waals surface area contributed by atoms with Crippen molar-refractivity contribution in [2.45, 2.75) is 13.0 Å². The second-order valence-corrected chi connectivity index (χ2v) is 5.45. The van der Waals surface area contributed by atoms with E-state index in [0.717, 1.165) is 41.8 Å². The molecule has 0 unspecified atom stereocenters. The van der Waals surface area contributed by atoms with Crippen molar-refractivity contribution in [1.29, 1.82) is 0 Å². The van der Waals surface area contributed by atoms with Gasteiger partial charge in [0.05, 0.1) is 7.11 Å². The zero-order valence-corrected chi connectivity index (χ0v) is 17.0. The van der Waals surface area contributed by atoms with Crippen molar-refractivity contribution < 1.29 is 4.74 Å². The molecule has 24 heavy (non-hydrogen) atoms. The van der Waals surface area contributed by atoms with Crippen LogP contribution in [0.3, 0.4) is 0 Å². The average Bonchev–Trinajstić information content (AvgIpc) is 2.60. The van der Waals surface area contributed by atoms with Crippen LogP contribution in [0.25, 0.3) is 0 Å². The predicted octanol–water partition coefficient (Wildman–Crippen LogP) is 3.87. The van der Waals surface area contributed by atoms with Crippen LogP contribution in [0, 0.1) is 0 Å². The molecule has 2 aromatic carbocycles. The number of hydrogen-bond acceptors (Lipinski definition) is 2. The molecule has 0 amide bonds. The summed E-state index contributed by atoms with van der Waals surface area (Å²) < 4.78 is 5.15. The third-order valence-corrected chi connectivity index (χ3v) is 3.83. The Morgan fingerprint density at radius 3 is 2.50 bits per heavy atom. The topological polar surface area (TPSA) is 45.7 Å². The highest BCUT2D eigenvalue weighted by Gasteiger charge is 2.03. The standard InChI is InChI=1S/C18H22ClN3O.HI/c1-20-18(22-13-14-6-4-3-5-7-14)21-11-10-15-8-9-16(23-2)12-17(15)19;/h3-9,12H,10-11,13H2,1-2H3,(H2,20,21,22);1H. The van der Waals surface area contributed by atoms with Gasteiger partial charge in [0.2, 0.25) is 0 Å². The van der Waals surface area contributed by atoms with E-state index in [2.05, 4.69) is 27.8 Å². The molecule has 2 rings (SSSR count). The average molecular weight is 460 g/mol. The van der Waals surface area contributed by atoms with Gasteiger partial charge in [-0.25, -0.2) is 0 Å². The molecule has 0 heterocycles. The lowest BCUT2D eigenvalue weighted by molar-refractivity contribution is 0.414. The molecule has 0 bridgehead atoms. The van der Waals surface area contributed by atoms with Gasteiger partial charge in [0, 0.05) is 25.2 Å². The predicted molar refractivity (Wildman–Crippen MR) is 112 cm³/mol. The monoisotopic (exact) mass is 459 g/mol. The number of nitrogens with zero attached hydrogens (tertiary/aromatic N) is 1. The summed E-state index contributed by atoms with van der Waals surface area (Å²) >= 11 is 6.24. The molecule has 0 spiro atoms. The van der Waals surface area contributed by atoms with Gasteiger partial charge in [-0.1, -0.05) is 48.0 Å². The number of aliphatic imine (C=N–C) groups is 1. The molecule has 0 fully saturated rings. The molecule has 0 aliphatic heterocycles. The largest absolute Gasteiger partial charge is 0.497 e. The number of benzene rings is 2. The molecule has 0 aliphatic rings. The van der Waals surface area contributed by atoms with E-state index in [0.29, 0.717) is 0 Å². The van der Waals surface area contributed by atoms with E-state index in [1.807, 2.05) is 36.4 Å². The Kier molecular flexibility index (Phi) is 9.56. The number of rotatable bonds is 6. The lowest BCUT2D eigenvalue weighted by Crippen LogP contribution is -2.37. The summed E-state index contributed by atoms with van der Waals surface area (Å²) in [6.45, 7) is 1.49. The number of halogens is 2. The second-order valence-electron chi connectivity index (χ2n) is 5.05. The van der Waals surface area contributed by atoms with Gasteiger partial charge in [-0.2, -0.15) is 0 Å². The fourth-order valence-electron chi connectivity index (χ4n) is 2.18. The van der Waals surface area contributed by atoms with Crippen molar-refractivity contribution in [2.75, 3.05) is 20.7 Å². The molecular weight excluding hydrogens is 437 g/mol. The van der Waals surface area contributed by atoms with Crippen LogP contribution in [-0.2, 0) is 13.0 Å². The van der Waals surface area contributed by atoms with Crippen molar-refractivity contribution >= 4 is 41.5 Å². The highest BCUT2D eigenvalue weighted by Crippen LogP contribution is 2.22. The van der Waals surface area contributed by atoms with Gasteiger partial charge in [-0.15, -0.1) is 24.0 Å². The van der Waals surface area contributed by atoms with Crippen molar-refractivity contribution in [2.24, 2.45) is 4.99 Å². The van der Waals surface area contributed by atoms with E-state index in [1.54, 1.807) is 14.2 Å². The van der Waals surface area contributed by atoms with E-state index in [-0.39, 0.29) is 24.0 Å². The van der Waals surface area contributed by atoms with Crippen LogP contribution in [0.2, 0.25) is 5.02 Å². The Hall–Kier alpha value is -1.47. The lowest BCUT2D eigenvalue weighted by Gasteiger charge is -2.12. The minimum atomic E-state index is 0. The Bertz CT molecular complexity index is 650. The maximum absolute atomic E-state index is 6.24. The van der Waals surface area contributed by atoms with Crippen molar-refractivity contribution in [3.8, 4) is 5.75 Å². The van der Waals surface area contributed by atoms with Crippen LogP contribution >= 0.6 is 35.6 Å². The number of ether oxygens (including phenoxy) is 1. The third-order valence-electron chi connectivity index (χ3n) is 3.47. The molecule has 0 saturated heterocycles. The Balaban J connectivity index is 0.00000288. The van der Waals surface area contributed by atoms with Crippen LogP contribution in [0.5, 0.6) is 5.75 Å². The van der Waals surface area contributed by atoms with Crippen LogP contribution in [0.1, 0.15) is 11.1 Å². The fourth-order valence-corrected chi connectivity index (χ4v) is 2.44. The van der Waals surface area contributed by atoms with Gasteiger partial charge in [-0.05, 0) is 29.7 Å². The smallest absolute Gasteiger partial charge is 0.191 e. The number of nitrogens with one attached hydrogen (secondary N) is 2. The van der Waals surface area contributed by atoms with E-state index >= 15 is 0 Å². The summed E-state index contributed by atoms with van der Waals surface area (Å²) in [6.07, 6.45) is 0.814. The summed E-state index contributed by atoms with van der Waals surface area (Å²) in [5, 5.41) is 7.30. The molecule has 6 heteroatoms. The van der Waals surface area contributed by atoms with Crippen LogP contribution < -0.4 is 15.4 Å². The molecular formula is C18H23ClIN3O. The molecule has 4 nitrogen and oxygen atoms in total. The quantitative estimate of drug-likeness (QED) is 0.392. The first kappa shape index (κ1) is 20.6. The van der Waals surface area contributed by atoms with Crippen LogP contribution in [0.15, 0.2) is 53.5 Å². The Morgan fingerprint density at radius 2 is 1.88 bits per heavy atom. The molecule has 2 N–H and O–H groups in total. The van der Waals surface area contributed by atoms with Crippen LogP contribution in [-0.4, -0.2) is 26.7 Å². The second kappa shape index (κ2) is 11.1. The number of hydrogen-bond donors (Lipinski definition) is 2. The van der Waals surface area contributed by atoms with Crippen LogP contribution in [0.4, 0.5) is 0 Å². The van der Waals surface area contributed by atoms with E-state index in [1.165, 1.54) is 5.56 Å². The SMILES string of the molecule is CN=C(NCCc1ccc(OC)cc1Cl)NCc1ccccc1.I. The van der Waals surface area contributed by atoms with E-state index < -0.39 is 0 Å². The Morgan fingerprint density at radius 1 is 1.12 bits per heavy atom. The zero-order valence-electron chi connectivity index (χ0n) is 13.9. The van der Waals surface area contributed by atoms with E-state index in [9.17, 15) is 0 Å². The molecule has 0 atom stereocenters. The van der Waals surface area contributed by atoms with Gasteiger partial charge in [0.15, 0.2) is 5.96 Å². The highest BCUT2D eigenvalue weighted by atomic mass is 127. The van der Waals surface area contributed by atoms with Crippen molar-refractivity contribution in [3.05, 3.63) is 64.7 Å². The molecule has 2 aromatic rings. The summed E-state index contributed by atoms with van der Waals surface area (Å²) in [7, 11) is 3.40. The molecule has 0 aromatic heterocycles. The summed E-state index contributed by atoms with van der Waals surface area (Å²) in [5.74, 6) is 1.55. The van der Waals surface area contributed by atoms with Crippen molar-refractivity contribution in [3.63, 3.8) is 0 Å². The first-order valence-corrected chi connectivity index (χ1v) is 7.91. The van der Waals surface area contributed by atoms with Gasteiger partial charge >= 0.3 is 0 Å². The normalized spacial score (nSPS) is 10.7. The highest BCUT2D eigenvalue weighted by molar-refractivity contribution is 14.0. The maximum Gasteiger partial charge on any atom is 0.191 e.